The first-order valence-electron chi connectivity index (χ1n) is 5.97. The fourth-order valence-electron chi connectivity index (χ4n) is 2.33. The lowest BCUT2D eigenvalue weighted by Gasteiger charge is -2.26. The van der Waals surface area contributed by atoms with Crippen molar-refractivity contribution in [1.82, 2.24) is 5.32 Å². The Kier molecular flexibility index (Phi) is 4.02. The van der Waals surface area contributed by atoms with Gasteiger partial charge in [0.15, 0.2) is 0 Å². The van der Waals surface area contributed by atoms with Crippen LogP contribution in [0.5, 0.6) is 0 Å². The highest BCUT2D eigenvalue weighted by molar-refractivity contribution is 6.31. The topological polar surface area (TPSA) is 32.3 Å². The molecule has 2 rings (SSSR count). The van der Waals surface area contributed by atoms with Gasteiger partial charge in [0.05, 0.1) is 10.6 Å². The Balaban J connectivity index is 2.15. The van der Waals surface area contributed by atoms with Crippen LogP contribution in [0.2, 0.25) is 5.02 Å². The lowest BCUT2D eigenvalue weighted by Crippen LogP contribution is -2.32. The van der Waals surface area contributed by atoms with Crippen molar-refractivity contribution < 1.29 is 9.50 Å². The fraction of sp³-hybridized carbons (Fsp3) is 0.538. The summed E-state index contributed by atoms with van der Waals surface area (Å²) in [6.07, 6.45) is 2.77. The summed E-state index contributed by atoms with van der Waals surface area (Å²) in [6, 6.07) is 4.75. The van der Waals surface area contributed by atoms with Gasteiger partial charge in [0.1, 0.15) is 5.82 Å². The van der Waals surface area contributed by atoms with Crippen LogP contribution in [-0.4, -0.2) is 23.8 Å². The van der Waals surface area contributed by atoms with Crippen molar-refractivity contribution in [3.63, 3.8) is 0 Å². The van der Waals surface area contributed by atoms with E-state index in [0.29, 0.717) is 18.4 Å². The Morgan fingerprint density at radius 2 is 2.18 bits per heavy atom. The van der Waals surface area contributed by atoms with Crippen molar-refractivity contribution in [2.45, 2.75) is 31.3 Å². The zero-order chi connectivity index (χ0) is 12.3. The third kappa shape index (κ3) is 3.18. The molecule has 94 valence electrons. The Bertz CT molecular complexity index is 389. The molecule has 1 fully saturated rings. The summed E-state index contributed by atoms with van der Waals surface area (Å²) in [6.45, 7) is 1.72. The number of halogens is 2. The highest BCUT2D eigenvalue weighted by Gasteiger charge is 2.29. The zero-order valence-corrected chi connectivity index (χ0v) is 10.4. The number of hydrogen-bond donors (Lipinski definition) is 2. The maximum atomic E-state index is 13.3. The highest BCUT2D eigenvalue weighted by atomic mass is 35.5. The summed E-state index contributed by atoms with van der Waals surface area (Å²) in [5.41, 5.74) is -0.0722. The summed E-state index contributed by atoms with van der Waals surface area (Å²) in [5, 5.41) is 13.9. The second-order valence-corrected chi connectivity index (χ2v) is 5.10. The van der Waals surface area contributed by atoms with Crippen molar-refractivity contribution in [3.05, 3.63) is 34.6 Å². The molecular weight excluding hydrogens is 241 g/mol. The first-order valence-corrected chi connectivity index (χ1v) is 6.34. The summed E-state index contributed by atoms with van der Waals surface area (Å²) in [4.78, 5) is 0. The Labute approximate surface area is 106 Å². The van der Waals surface area contributed by atoms with Crippen LogP contribution in [0.3, 0.4) is 0 Å². The number of rotatable bonds is 2. The van der Waals surface area contributed by atoms with Crippen molar-refractivity contribution in [2.24, 2.45) is 0 Å². The van der Waals surface area contributed by atoms with Crippen molar-refractivity contribution in [3.8, 4) is 0 Å². The van der Waals surface area contributed by atoms with Crippen LogP contribution >= 0.6 is 11.6 Å². The Morgan fingerprint density at radius 3 is 3.00 bits per heavy atom. The van der Waals surface area contributed by atoms with Crippen molar-refractivity contribution in [2.75, 3.05) is 13.1 Å². The van der Waals surface area contributed by atoms with Crippen LogP contribution in [0, 0.1) is 5.82 Å². The quantitative estimate of drug-likeness (QED) is 0.853. The van der Waals surface area contributed by atoms with Gasteiger partial charge in [0, 0.05) is 6.42 Å². The minimum Gasteiger partial charge on any atom is -0.389 e. The van der Waals surface area contributed by atoms with E-state index in [4.69, 9.17) is 11.6 Å². The number of nitrogens with one attached hydrogen (secondary N) is 1. The number of hydrogen-bond acceptors (Lipinski definition) is 2. The molecule has 2 N–H and O–H groups in total. The first kappa shape index (κ1) is 12.8. The van der Waals surface area contributed by atoms with Gasteiger partial charge >= 0.3 is 0 Å². The summed E-state index contributed by atoms with van der Waals surface area (Å²) >= 11 is 5.91. The van der Waals surface area contributed by atoms with Gasteiger partial charge in [-0.3, -0.25) is 0 Å². The molecule has 1 aliphatic rings. The van der Waals surface area contributed by atoms with Gasteiger partial charge in [-0.2, -0.15) is 0 Å². The molecule has 1 heterocycles. The van der Waals surface area contributed by atoms with Gasteiger partial charge in [0.25, 0.3) is 0 Å². The summed E-state index contributed by atoms with van der Waals surface area (Å²) < 4.78 is 13.3. The molecule has 1 unspecified atom stereocenters. The van der Waals surface area contributed by atoms with E-state index >= 15 is 0 Å². The molecule has 0 bridgehead atoms. The van der Waals surface area contributed by atoms with E-state index in [2.05, 4.69) is 5.32 Å². The lowest BCUT2D eigenvalue weighted by atomic mass is 9.88. The molecule has 1 aromatic rings. The predicted molar refractivity (Wildman–Crippen MR) is 66.8 cm³/mol. The summed E-state index contributed by atoms with van der Waals surface area (Å²) in [7, 11) is 0. The van der Waals surface area contributed by atoms with Crippen LogP contribution in [-0.2, 0) is 6.42 Å². The standard InChI is InChI=1S/C13H17ClFNO/c14-12-10(3-1-4-11(12)15)9-13(17)5-2-7-16-8-6-13/h1,3-4,16-17H,2,5-9H2. The van der Waals surface area contributed by atoms with Crippen molar-refractivity contribution >= 4 is 11.6 Å². The molecule has 0 spiro atoms. The number of benzene rings is 1. The molecule has 1 aromatic carbocycles. The van der Waals surface area contributed by atoms with Crippen LogP contribution in [0.25, 0.3) is 0 Å². The van der Waals surface area contributed by atoms with Gasteiger partial charge < -0.3 is 10.4 Å². The second kappa shape index (κ2) is 5.34. The molecule has 0 radical (unpaired) electrons. The normalized spacial score (nSPS) is 25.6. The lowest BCUT2D eigenvalue weighted by molar-refractivity contribution is 0.0284. The molecule has 17 heavy (non-hydrogen) atoms. The molecule has 0 amide bonds. The highest BCUT2D eigenvalue weighted by Crippen LogP contribution is 2.29. The largest absolute Gasteiger partial charge is 0.389 e. The van der Waals surface area contributed by atoms with Gasteiger partial charge in [-0.1, -0.05) is 23.7 Å². The minimum absolute atomic E-state index is 0.137. The molecule has 0 aromatic heterocycles. The van der Waals surface area contributed by atoms with E-state index in [-0.39, 0.29) is 5.02 Å². The van der Waals surface area contributed by atoms with Gasteiger partial charge in [0.2, 0.25) is 0 Å². The molecular formula is C13H17ClFNO. The third-order valence-corrected chi connectivity index (χ3v) is 3.74. The second-order valence-electron chi connectivity index (χ2n) is 4.72. The molecule has 0 saturated carbocycles. The van der Waals surface area contributed by atoms with E-state index in [1.54, 1.807) is 12.1 Å². The van der Waals surface area contributed by atoms with Gasteiger partial charge in [-0.25, -0.2) is 4.39 Å². The molecule has 2 nitrogen and oxygen atoms in total. The molecule has 1 saturated heterocycles. The molecule has 0 aliphatic carbocycles. The minimum atomic E-state index is -0.763. The zero-order valence-electron chi connectivity index (χ0n) is 9.68. The average Bonchev–Trinajstić information content (AvgIpc) is 2.50. The van der Waals surface area contributed by atoms with Crippen LogP contribution in [0.4, 0.5) is 4.39 Å². The van der Waals surface area contributed by atoms with E-state index < -0.39 is 11.4 Å². The fourth-order valence-corrected chi connectivity index (χ4v) is 2.52. The van der Waals surface area contributed by atoms with Crippen LogP contribution in [0.1, 0.15) is 24.8 Å². The van der Waals surface area contributed by atoms with E-state index in [0.717, 1.165) is 25.9 Å². The third-order valence-electron chi connectivity index (χ3n) is 3.31. The average molecular weight is 258 g/mol. The summed E-state index contributed by atoms with van der Waals surface area (Å²) in [5.74, 6) is -0.417. The van der Waals surface area contributed by atoms with E-state index in [1.165, 1.54) is 6.07 Å². The van der Waals surface area contributed by atoms with Gasteiger partial charge in [-0.05, 0) is 44.0 Å². The first-order chi connectivity index (χ1) is 8.11. The monoisotopic (exact) mass is 257 g/mol. The number of aliphatic hydroxyl groups is 1. The Hall–Kier alpha value is -0.640. The van der Waals surface area contributed by atoms with Crippen LogP contribution < -0.4 is 5.32 Å². The SMILES string of the molecule is OC1(Cc2cccc(F)c2Cl)CCCNCC1. The van der Waals surface area contributed by atoms with Crippen molar-refractivity contribution in [1.29, 1.82) is 0 Å². The Morgan fingerprint density at radius 1 is 1.35 bits per heavy atom. The molecule has 4 heteroatoms. The van der Waals surface area contributed by atoms with Crippen LogP contribution in [0.15, 0.2) is 18.2 Å². The smallest absolute Gasteiger partial charge is 0.142 e. The van der Waals surface area contributed by atoms with E-state index in [9.17, 15) is 9.50 Å². The maximum Gasteiger partial charge on any atom is 0.142 e. The maximum absolute atomic E-state index is 13.3. The van der Waals surface area contributed by atoms with E-state index in [1.807, 2.05) is 0 Å². The molecule has 1 atom stereocenters. The van der Waals surface area contributed by atoms with Gasteiger partial charge in [-0.15, -0.1) is 0 Å². The molecule has 1 aliphatic heterocycles. The predicted octanol–water partition coefficient (Wildman–Crippen LogP) is 2.53.